The summed E-state index contributed by atoms with van der Waals surface area (Å²) >= 11 is 10.2. The van der Waals surface area contributed by atoms with Gasteiger partial charge in [-0.1, -0.05) is 29.8 Å². The van der Waals surface area contributed by atoms with Gasteiger partial charge in [-0.3, -0.25) is 0 Å². The van der Waals surface area contributed by atoms with Crippen LogP contribution in [0, 0.1) is 3.57 Å². The van der Waals surface area contributed by atoms with E-state index >= 15 is 0 Å². The molecule has 2 rings (SSSR count). The number of halogens is 2. The predicted octanol–water partition coefficient (Wildman–Crippen LogP) is 4.82. The molecule has 88 valence electrons. The number of benzene rings is 2. The van der Waals surface area contributed by atoms with Gasteiger partial charge >= 0.3 is 0 Å². The first-order valence-corrected chi connectivity index (χ1v) is 7.52. The second kappa shape index (κ2) is 5.98. The Hall–Kier alpha value is -0.390. The van der Waals surface area contributed by atoms with Crippen molar-refractivity contribution in [2.45, 2.75) is 10.6 Å². The van der Waals surface area contributed by atoms with E-state index in [0.29, 0.717) is 0 Å². The molecule has 2 aromatic carbocycles. The van der Waals surface area contributed by atoms with Crippen molar-refractivity contribution in [3.05, 3.63) is 56.6 Å². The normalized spacial score (nSPS) is 10.5. The largest absolute Gasteiger partial charge is 0.399 e. The van der Waals surface area contributed by atoms with Crippen LogP contribution in [0.25, 0.3) is 0 Å². The molecule has 0 atom stereocenters. The minimum Gasteiger partial charge on any atom is -0.399 e. The molecule has 2 N–H and O–H groups in total. The molecular formula is C13H11ClINS. The van der Waals surface area contributed by atoms with Crippen molar-refractivity contribution >= 4 is 51.6 Å². The molecule has 0 heterocycles. The number of rotatable bonds is 3. The third-order valence-electron chi connectivity index (χ3n) is 2.30. The third-order valence-corrected chi connectivity index (χ3v) is 5.05. The lowest BCUT2D eigenvalue weighted by atomic mass is 10.2. The van der Waals surface area contributed by atoms with Gasteiger partial charge in [0.1, 0.15) is 0 Å². The van der Waals surface area contributed by atoms with Crippen LogP contribution in [-0.4, -0.2) is 0 Å². The standard InChI is InChI=1S/C13H11ClINS/c14-11-4-2-1-3-9(11)8-17-13-6-5-10(16)7-12(13)15/h1-7H,8,16H2. The van der Waals surface area contributed by atoms with E-state index < -0.39 is 0 Å². The number of anilines is 1. The van der Waals surface area contributed by atoms with Crippen molar-refractivity contribution in [3.8, 4) is 0 Å². The summed E-state index contributed by atoms with van der Waals surface area (Å²) in [6.07, 6.45) is 0. The molecule has 17 heavy (non-hydrogen) atoms. The van der Waals surface area contributed by atoms with Gasteiger partial charge in [-0.25, -0.2) is 0 Å². The third kappa shape index (κ3) is 3.53. The SMILES string of the molecule is Nc1ccc(SCc2ccccc2Cl)c(I)c1. The Bertz CT molecular complexity index is 531. The molecule has 0 aromatic heterocycles. The summed E-state index contributed by atoms with van der Waals surface area (Å²) in [5.41, 5.74) is 7.69. The van der Waals surface area contributed by atoms with E-state index in [4.69, 9.17) is 17.3 Å². The van der Waals surface area contributed by atoms with E-state index in [0.717, 1.165) is 22.0 Å². The second-order valence-electron chi connectivity index (χ2n) is 3.57. The maximum Gasteiger partial charge on any atom is 0.0446 e. The molecular weight excluding hydrogens is 365 g/mol. The molecule has 4 heteroatoms. The molecule has 0 spiro atoms. The molecule has 0 unspecified atom stereocenters. The monoisotopic (exact) mass is 375 g/mol. The Morgan fingerprint density at radius 2 is 1.94 bits per heavy atom. The van der Waals surface area contributed by atoms with E-state index in [2.05, 4.69) is 34.7 Å². The van der Waals surface area contributed by atoms with Crippen molar-refractivity contribution in [1.82, 2.24) is 0 Å². The lowest BCUT2D eigenvalue weighted by molar-refractivity contribution is 1.36. The first kappa shape index (κ1) is 13.1. The smallest absolute Gasteiger partial charge is 0.0446 e. The van der Waals surface area contributed by atoms with Gasteiger partial charge in [-0.2, -0.15) is 0 Å². The van der Waals surface area contributed by atoms with Crippen LogP contribution in [0.4, 0.5) is 5.69 Å². The molecule has 0 saturated heterocycles. The minimum atomic E-state index is 0.802. The van der Waals surface area contributed by atoms with Crippen LogP contribution in [0.3, 0.4) is 0 Å². The van der Waals surface area contributed by atoms with Gasteiger partial charge in [0.25, 0.3) is 0 Å². The Morgan fingerprint density at radius 3 is 2.65 bits per heavy atom. The second-order valence-corrected chi connectivity index (χ2v) is 6.16. The minimum absolute atomic E-state index is 0.802. The molecule has 0 aliphatic carbocycles. The quantitative estimate of drug-likeness (QED) is 0.473. The van der Waals surface area contributed by atoms with Gasteiger partial charge in [-0.05, 0) is 52.4 Å². The zero-order valence-corrected chi connectivity index (χ0v) is 12.7. The highest BCUT2D eigenvalue weighted by Crippen LogP contribution is 2.30. The van der Waals surface area contributed by atoms with Crippen molar-refractivity contribution in [1.29, 1.82) is 0 Å². The maximum absolute atomic E-state index is 6.12. The van der Waals surface area contributed by atoms with Crippen LogP contribution in [-0.2, 0) is 5.75 Å². The van der Waals surface area contributed by atoms with E-state index in [-0.39, 0.29) is 0 Å². The highest BCUT2D eigenvalue weighted by molar-refractivity contribution is 14.1. The van der Waals surface area contributed by atoms with E-state index in [1.165, 1.54) is 8.47 Å². The number of hydrogen-bond acceptors (Lipinski definition) is 2. The van der Waals surface area contributed by atoms with E-state index in [1.54, 1.807) is 11.8 Å². The van der Waals surface area contributed by atoms with E-state index in [1.807, 2.05) is 30.3 Å². The van der Waals surface area contributed by atoms with Crippen molar-refractivity contribution in [3.63, 3.8) is 0 Å². The molecule has 0 radical (unpaired) electrons. The Kier molecular flexibility index (Phi) is 4.59. The number of thioether (sulfide) groups is 1. The molecule has 0 aliphatic heterocycles. The van der Waals surface area contributed by atoms with Crippen LogP contribution < -0.4 is 5.73 Å². The number of nitrogen functional groups attached to an aromatic ring is 1. The van der Waals surface area contributed by atoms with Crippen LogP contribution >= 0.6 is 46.0 Å². The average molecular weight is 376 g/mol. The lowest BCUT2D eigenvalue weighted by Gasteiger charge is -2.06. The summed E-state index contributed by atoms with van der Waals surface area (Å²) in [4.78, 5) is 1.24. The van der Waals surface area contributed by atoms with Crippen molar-refractivity contribution in [2.75, 3.05) is 5.73 Å². The summed E-state index contributed by atoms with van der Waals surface area (Å²) in [5.74, 6) is 0.875. The average Bonchev–Trinajstić information content (AvgIpc) is 2.30. The highest BCUT2D eigenvalue weighted by atomic mass is 127. The maximum atomic E-state index is 6.12. The summed E-state index contributed by atoms with van der Waals surface area (Å²) in [6, 6.07) is 13.9. The van der Waals surface area contributed by atoms with Gasteiger partial charge < -0.3 is 5.73 Å². The van der Waals surface area contributed by atoms with Gasteiger partial charge in [0.05, 0.1) is 0 Å². The Balaban J connectivity index is 2.10. The van der Waals surface area contributed by atoms with Crippen LogP contribution in [0.2, 0.25) is 5.02 Å². The molecule has 0 bridgehead atoms. The predicted molar refractivity (Wildman–Crippen MR) is 84.6 cm³/mol. The Labute approximate surface area is 124 Å². The number of nitrogens with two attached hydrogens (primary N) is 1. The lowest BCUT2D eigenvalue weighted by Crippen LogP contribution is -1.88. The fourth-order valence-electron chi connectivity index (χ4n) is 1.41. The highest BCUT2D eigenvalue weighted by Gasteiger charge is 2.03. The summed E-state index contributed by atoms with van der Waals surface area (Å²) in [6.45, 7) is 0. The van der Waals surface area contributed by atoms with Crippen LogP contribution in [0.5, 0.6) is 0 Å². The molecule has 2 aromatic rings. The zero-order valence-electron chi connectivity index (χ0n) is 8.99. The zero-order chi connectivity index (χ0) is 12.3. The van der Waals surface area contributed by atoms with Gasteiger partial charge in [0.15, 0.2) is 0 Å². The van der Waals surface area contributed by atoms with E-state index in [9.17, 15) is 0 Å². The van der Waals surface area contributed by atoms with Crippen LogP contribution in [0.15, 0.2) is 47.4 Å². The topological polar surface area (TPSA) is 26.0 Å². The molecule has 0 saturated carbocycles. The molecule has 0 aliphatic rings. The summed E-state index contributed by atoms with van der Waals surface area (Å²) < 4.78 is 1.18. The molecule has 0 fully saturated rings. The summed E-state index contributed by atoms with van der Waals surface area (Å²) in [5, 5.41) is 0.824. The van der Waals surface area contributed by atoms with Gasteiger partial charge in [0.2, 0.25) is 0 Å². The molecule has 1 nitrogen and oxygen atoms in total. The van der Waals surface area contributed by atoms with Crippen molar-refractivity contribution in [2.24, 2.45) is 0 Å². The van der Waals surface area contributed by atoms with Crippen molar-refractivity contribution < 1.29 is 0 Å². The van der Waals surface area contributed by atoms with Crippen LogP contribution in [0.1, 0.15) is 5.56 Å². The van der Waals surface area contributed by atoms with Gasteiger partial charge in [-0.15, -0.1) is 11.8 Å². The first-order valence-electron chi connectivity index (χ1n) is 5.08. The number of hydrogen-bond donors (Lipinski definition) is 1. The first-order chi connectivity index (χ1) is 8.16. The summed E-state index contributed by atoms with van der Waals surface area (Å²) in [7, 11) is 0. The Morgan fingerprint density at radius 1 is 1.18 bits per heavy atom. The fourth-order valence-corrected chi connectivity index (χ4v) is 3.62. The van der Waals surface area contributed by atoms with Gasteiger partial charge in [0, 0.05) is 24.9 Å². The molecule has 0 amide bonds. The fraction of sp³-hybridized carbons (Fsp3) is 0.0769.